The van der Waals surface area contributed by atoms with E-state index in [1.54, 1.807) is 36.9 Å². The smallest absolute Gasteiger partial charge is 0.309 e. The Labute approximate surface area is 115 Å². The van der Waals surface area contributed by atoms with E-state index in [-0.39, 0.29) is 0 Å². The Balaban J connectivity index is 2.23. The molecule has 0 unspecified atom stereocenters. The minimum Gasteiger partial charge on any atom is -0.481 e. The van der Waals surface area contributed by atoms with Gasteiger partial charge in [-0.15, -0.1) is 5.10 Å². The summed E-state index contributed by atoms with van der Waals surface area (Å²) >= 11 is 5.91. The first-order chi connectivity index (χ1) is 8.88. The Morgan fingerprint density at radius 3 is 2.84 bits per heavy atom. The van der Waals surface area contributed by atoms with Crippen molar-refractivity contribution >= 4 is 17.6 Å². The number of carboxylic acids is 1. The minimum absolute atomic E-state index is 0.322. The van der Waals surface area contributed by atoms with Gasteiger partial charge in [0, 0.05) is 11.4 Å². The molecule has 0 saturated heterocycles. The number of carbonyl (C=O) groups is 1. The van der Waals surface area contributed by atoms with Crippen LogP contribution in [0.25, 0.3) is 5.69 Å². The maximum Gasteiger partial charge on any atom is 0.309 e. The first-order valence-corrected chi connectivity index (χ1v) is 6.17. The third-order valence-electron chi connectivity index (χ3n) is 2.82. The normalized spacial score (nSPS) is 11.5. The van der Waals surface area contributed by atoms with Gasteiger partial charge in [-0.25, -0.2) is 4.68 Å². The van der Waals surface area contributed by atoms with E-state index < -0.39 is 11.4 Å². The fourth-order valence-electron chi connectivity index (χ4n) is 1.65. The van der Waals surface area contributed by atoms with Gasteiger partial charge in [0.25, 0.3) is 0 Å². The van der Waals surface area contributed by atoms with E-state index >= 15 is 0 Å². The van der Waals surface area contributed by atoms with Crippen molar-refractivity contribution in [1.29, 1.82) is 0 Å². The number of benzene rings is 1. The molecule has 19 heavy (non-hydrogen) atoms. The van der Waals surface area contributed by atoms with E-state index in [1.165, 1.54) is 0 Å². The molecule has 1 N–H and O–H groups in total. The average Bonchev–Trinajstić information content (AvgIpc) is 2.76. The van der Waals surface area contributed by atoms with Gasteiger partial charge in [-0.3, -0.25) is 4.79 Å². The van der Waals surface area contributed by atoms with E-state index in [1.807, 2.05) is 12.1 Å². The molecular weight excluding hydrogens is 266 g/mol. The van der Waals surface area contributed by atoms with Gasteiger partial charge >= 0.3 is 5.97 Å². The largest absolute Gasteiger partial charge is 0.481 e. The van der Waals surface area contributed by atoms with Crippen LogP contribution in [-0.2, 0) is 11.2 Å². The molecule has 0 bridgehead atoms. The predicted octanol–water partition coefficient (Wildman–Crippen LogP) is 2.57. The first kappa shape index (κ1) is 13.5. The maximum absolute atomic E-state index is 11.1. The van der Waals surface area contributed by atoms with Crippen LogP contribution >= 0.6 is 11.6 Å². The predicted molar refractivity (Wildman–Crippen MR) is 71.5 cm³/mol. The summed E-state index contributed by atoms with van der Waals surface area (Å²) in [6.07, 6.45) is 2.04. The average molecular weight is 280 g/mol. The van der Waals surface area contributed by atoms with Crippen LogP contribution in [0, 0.1) is 5.41 Å². The van der Waals surface area contributed by atoms with Crippen molar-refractivity contribution in [3.05, 3.63) is 41.2 Å². The van der Waals surface area contributed by atoms with Crippen molar-refractivity contribution < 1.29 is 9.90 Å². The lowest BCUT2D eigenvalue weighted by Gasteiger charge is -2.16. The summed E-state index contributed by atoms with van der Waals surface area (Å²) in [5.74, 6) is -0.857. The second kappa shape index (κ2) is 5.01. The number of hydrogen-bond donors (Lipinski definition) is 1. The molecule has 5 nitrogen and oxygen atoms in total. The molecule has 0 fully saturated rings. The van der Waals surface area contributed by atoms with E-state index in [2.05, 4.69) is 10.3 Å². The molecule has 2 rings (SSSR count). The first-order valence-electron chi connectivity index (χ1n) is 5.79. The lowest BCUT2D eigenvalue weighted by atomic mass is 9.88. The van der Waals surface area contributed by atoms with E-state index in [9.17, 15) is 4.79 Å². The van der Waals surface area contributed by atoms with Crippen molar-refractivity contribution in [2.45, 2.75) is 20.3 Å². The van der Waals surface area contributed by atoms with E-state index in [0.29, 0.717) is 17.1 Å². The molecule has 2 aromatic rings. The van der Waals surface area contributed by atoms with Crippen molar-refractivity contribution in [3.8, 4) is 5.69 Å². The molecule has 0 atom stereocenters. The summed E-state index contributed by atoms with van der Waals surface area (Å²) in [6, 6.07) is 7.21. The van der Waals surface area contributed by atoms with Crippen molar-refractivity contribution in [3.63, 3.8) is 0 Å². The summed E-state index contributed by atoms with van der Waals surface area (Å²) in [6.45, 7) is 3.32. The molecule has 0 aliphatic rings. The molecule has 0 radical (unpaired) electrons. The minimum atomic E-state index is -0.866. The third-order valence-corrected chi connectivity index (χ3v) is 3.05. The van der Waals surface area contributed by atoms with Crippen LogP contribution in [-0.4, -0.2) is 26.1 Å². The number of halogens is 1. The molecular formula is C13H14ClN3O2. The van der Waals surface area contributed by atoms with Crippen molar-refractivity contribution in [2.75, 3.05) is 0 Å². The third kappa shape index (κ3) is 3.12. The standard InChI is InChI=1S/C13H14ClN3O2/c1-13(2,12(18)19)7-10-8-17(16-15-10)11-5-3-4-9(14)6-11/h3-6,8H,7H2,1-2H3,(H,18,19). The molecule has 100 valence electrons. The fourth-order valence-corrected chi connectivity index (χ4v) is 1.84. The number of aromatic nitrogens is 3. The van der Waals surface area contributed by atoms with Crippen LogP contribution < -0.4 is 0 Å². The van der Waals surface area contributed by atoms with Crippen LogP contribution in [0.3, 0.4) is 0 Å². The van der Waals surface area contributed by atoms with Gasteiger partial charge in [0.15, 0.2) is 0 Å². The quantitative estimate of drug-likeness (QED) is 0.934. The molecule has 1 aromatic carbocycles. The van der Waals surface area contributed by atoms with Gasteiger partial charge in [0.05, 0.1) is 23.0 Å². The molecule has 0 aliphatic heterocycles. The number of hydrogen-bond acceptors (Lipinski definition) is 3. The van der Waals surface area contributed by atoms with Crippen LogP contribution in [0.15, 0.2) is 30.5 Å². The molecule has 0 aliphatic carbocycles. The molecule has 6 heteroatoms. The van der Waals surface area contributed by atoms with Gasteiger partial charge in [-0.2, -0.15) is 0 Å². The fraction of sp³-hybridized carbons (Fsp3) is 0.308. The van der Waals surface area contributed by atoms with Crippen LogP contribution in [0.1, 0.15) is 19.5 Å². The highest BCUT2D eigenvalue weighted by atomic mass is 35.5. The van der Waals surface area contributed by atoms with Crippen LogP contribution in [0.5, 0.6) is 0 Å². The van der Waals surface area contributed by atoms with Crippen molar-refractivity contribution in [2.24, 2.45) is 5.41 Å². The lowest BCUT2D eigenvalue weighted by Crippen LogP contribution is -2.26. The Morgan fingerprint density at radius 1 is 1.47 bits per heavy atom. The van der Waals surface area contributed by atoms with Gasteiger partial charge < -0.3 is 5.11 Å². The molecule has 1 aromatic heterocycles. The maximum atomic E-state index is 11.1. The zero-order valence-electron chi connectivity index (χ0n) is 10.7. The van der Waals surface area contributed by atoms with Gasteiger partial charge in [-0.1, -0.05) is 22.9 Å². The Morgan fingerprint density at radius 2 is 2.21 bits per heavy atom. The Bertz CT molecular complexity index is 607. The zero-order valence-corrected chi connectivity index (χ0v) is 11.4. The second-order valence-corrected chi connectivity index (χ2v) is 5.44. The zero-order chi connectivity index (χ0) is 14.0. The van der Waals surface area contributed by atoms with Crippen molar-refractivity contribution in [1.82, 2.24) is 15.0 Å². The highest BCUT2D eigenvalue weighted by molar-refractivity contribution is 6.30. The second-order valence-electron chi connectivity index (χ2n) is 5.00. The van der Waals surface area contributed by atoms with Crippen LogP contribution in [0.4, 0.5) is 0 Å². The molecule has 0 amide bonds. The van der Waals surface area contributed by atoms with Gasteiger partial charge in [0.1, 0.15) is 0 Å². The van der Waals surface area contributed by atoms with E-state index in [4.69, 9.17) is 16.7 Å². The summed E-state index contributed by atoms with van der Waals surface area (Å²) in [4.78, 5) is 11.1. The topological polar surface area (TPSA) is 68.0 Å². The van der Waals surface area contributed by atoms with Crippen LogP contribution in [0.2, 0.25) is 5.02 Å². The van der Waals surface area contributed by atoms with E-state index in [0.717, 1.165) is 5.69 Å². The highest BCUT2D eigenvalue weighted by Gasteiger charge is 2.28. The number of nitrogens with zero attached hydrogens (tertiary/aromatic N) is 3. The van der Waals surface area contributed by atoms with Gasteiger partial charge in [0.2, 0.25) is 0 Å². The number of rotatable bonds is 4. The molecule has 1 heterocycles. The summed E-state index contributed by atoms with van der Waals surface area (Å²) in [5.41, 5.74) is 0.557. The molecule has 0 spiro atoms. The number of aliphatic carboxylic acids is 1. The SMILES string of the molecule is CC(C)(Cc1cn(-c2cccc(Cl)c2)nn1)C(=O)O. The Hall–Kier alpha value is -1.88. The summed E-state index contributed by atoms with van der Waals surface area (Å²) in [7, 11) is 0. The number of carboxylic acid groups (broad SMARTS) is 1. The lowest BCUT2D eigenvalue weighted by molar-refractivity contribution is -0.146. The monoisotopic (exact) mass is 279 g/mol. The summed E-state index contributed by atoms with van der Waals surface area (Å²) in [5, 5.41) is 17.7. The summed E-state index contributed by atoms with van der Waals surface area (Å²) < 4.78 is 1.58. The highest BCUT2D eigenvalue weighted by Crippen LogP contribution is 2.21. The molecule has 0 saturated carbocycles. The van der Waals surface area contributed by atoms with Gasteiger partial charge in [-0.05, 0) is 32.0 Å². The Kier molecular flexibility index (Phi) is 3.57.